The maximum Gasteiger partial charge on any atom is 0.340 e. The lowest BCUT2D eigenvalue weighted by molar-refractivity contribution is -0.159. The van der Waals surface area contributed by atoms with Crippen molar-refractivity contribution in [2.45, 2.75) is 38.8 Å². The molecule has 9 heteroatoms. The second-order valence-electron chi connectivity index (χ2n) is 6.26. The molecule has 0 saturated carbocycles. The van der Waals surface area contributed by atoms with Crippen LogP contribution in [0.1, 0.15) is 26.7 Å². The minimum absolute atomic E-state index is 0.0864. The summed E-state index contributed by atoms with van der Waals surface area (Å²) < 4.78 is 15.5. The number of para-hydroxylation sites is 2. The predicted octanol–water partition coefficient (Wildman–Crippen LogP) is 1.41. The molecular weight excluding hydrogens is 366 g/mol. The molecule has 0 bridgehead atoms. The van der Waals surface area contributed by atoms with Crippen molar-refractivity contribution in [3.05, 3.63) is 24.3 Å². The van der Waals surface area contributed by atoms with E-state index in [9.17, 15) is 14.4 Å². The number of benzene rings is 1. The third-order valence-electron chi connectivity index (χ3n) is 4.41. The first kappa shape index (κ1) is 19.7. The second kappa shape index (κ2) is 8.73. The van der Waals surface area contributed by atoms with Crippen LogP contribution in [0.3, 0.4) is 0 Å². The molecule has 28 heavy (non-hydrogen) atoms. The highest BCUT2D eigenvalue weighted by molar-refractivity contribution is 6.03. The van der Waals surface area contributed by atoms with E-state index in [4.69, 9.17) is 13.9 Å². The van der Waals surface area contributed by atoms with E-state index in [1.807, 2.05) is 18.2 Å². The number of amides is 1. The zero-order chi connectivity index (χ0) is 20.1. The molecule has 2 aromatic rings. The van der Waals surface area contributed by atoms with E-state index in [2.05, 4.69) is 10.3 Å². The maximum absolute atomic E-state index is 12.8. The maximum atomic E-state index is 12.8. The summed E-state index contributed by atoms with van der Waals surface area (Å²) in [6.45, 7) is 3.99. The molecule has 0 aliphatic carbocycles. The van der Waals surface area contributed by atoms with E-state index in [0.29, 0.717) is 30.1 Å². The Morgan fingerprint density at radius 1 is 1.21 bits per heavy atom. The van der Waals surface area contributed by atoms with Gasteiger partial charge in [0.05, 0.1) is 13.2 Å². The summed E-state index contributed by atoms with van der Waals surface area (Å²) >= 11 is 0. The molecule has 0 radical (unpaired) electrons. The van der Waals surface area contributed by atoms with Crippen LogP contribution in [-0.4, -0.2) is 54.7 Å². The number of oxazole rings is 1. The lowest BCUT2D eigenvalue weighted by Gasteiger charge is -2.24. The van der Waals surface area contributed by atoms with Gasteiger partial charge in [0.25, 0.3) is 6.01 Å². The van der Waals surface area contributed by atoms with Crippen molar-refractivity contribution in [3.63, 3.8) is 0 Å². The number of nitrogens with one attached hydrogen (secondary N) is 1. The third kappa shape index (κ3) is 4.08. The topological polar surface area (TPSA) is 111 Å². The van der Waals surface area contributed by atoms with E-state index >= 15 is 0 Å². The molecule has 0 spiro atoms. The monoisotopic (exact) mass is 389 g/mol. The molecule has 3 rings (SSSR count). The van der Waals surface area contributed by atoms with Gasteiger partial charge in [0.15, 0.2) is 5.58 Å². The van der Waals surface area contributed by atoms with Crippen LogP contribution in [0.5, 0.6) is 0 Å². The first-order valence-electron chi connectivity index (χ1n) is 9.31. The highest BCUT2D eigenvalue weighted by Gasteiger charge is 2.38. The fourth-order valence-electron chi connectivity index (χ4n) is 3.15. The van der Waals surface area contributed by atoms with Gasteiger partial charge in [-0.2, -0.15) is 4.98 Å². The highest BCUT2D eigenvalue weighted by Crippen LogP contribution is 2.28. The van der Waals surface area contributed by atoms with Crippen molar-refractivity contribution in [1.82, 2.24) is 10.3 Å². The van der Waals surface area contributed by atoms with Gasteiger partial charge in [-0.25, -0.2) is 9.59 Å². The molecule has 1 aliphatic heterocycles. The molecule has 2 heterocycles. The van der Waals surface area contributed by atoms with Crippen molar-refractivity contribution >= 4 is 35.0 Å². The van der Waals surface area contributed by atoms with Crippen molar-refractivity contribution in [3.8, 4) is 0 Å². The van der Waals surface area contributed by atoms with Crippen molar-refractivity contribution < 1.29 is 28.3 Å². The van der Waals surface area contributed by atoms with Gasteiger partial charge in [-0.15, -0.1) is 0 Å². The number of carbonyl (C=O) groups excluding carboxylic acids is 3. The van der Waals surface area contributed by atoms with E-state index in [-0.39, 0.29) is 13.2 Å². The molecule has 1 aromatic heterocycles. The van der Waals surface area contributed by atoms with Gasteiger partial charge in [0, 0.05) is 6.54 Å². The predicted molar refractivity (Wildman–Crippen MR) is 99.6 cm³/mol. The molecule has 1 fully saturated rings. The first-order chi connectivity index (χ1) is 13.5. The van der Waals surface area contributed by atoms with Crippen LogP contribution >= 0.6 is 0 Å². The number of carbonyl (C=O) groups is 3. The third-order valence-corrected chi connectivity index (χ3v) is 4.41. The van der Waals surface area contributed by atoms with E-state index in [1.54, 1.807) is 24.8 Å². The van der Waals surface area contributed by atoms with Crippen LogP contribution in [0.4, 0.5) is 6.01 Å². The van der Waals surface area contributed by atoms with Gasteiger partial charge < -0.3 is 24.1 Å². The number of ether oxygens (including phenoxy) is 2. The van der Waals surface area contributed by atoms with Gasteiger partial charge in [0.1, 0.15) is 11.6 Å². The van der Waals surface area contributed by atoms with E-state index in [0.717, 1.165) is 6.42 Å². The minimum atomic E-state index is -1.50. The Kier molecular flexibility index (Phi) is 6.13. The Bertz CT molecular complexity index is 813. The number of nitrogens with zero attached hydrogens (tertiary/aromatic N) is 2. The smallest absolute Gasteiger partial charge is 0.340 e. The Morgan fingerprint density at radius 2 is 1.89 bits per heavy atom. The lowest BCUT2D eigenvalue weighted by Crippen LogP contribution is -2.53. The van der Waals surface area contributed by atoms with Crippen molar-refractivity contribution in [2.75, 3.05) is 24.7 Å². The number of aromatic nitrogens is 1. The normalized spacial score (nSPS) is 16.4. The number of esters is 2. The van der Waals surface area contributed by atoms with Crippen molar-refractivity contribution in [1.29, 1.82) is 0 Å². The fourth-order valence-corrected chi connectivity index (χ4v) is 3.15. The number of anilines is 1. The summed E-state index contributed by atoms with van der Waals surface area (Å²) in [7, 11) is 0. The summed E-state index contributed by atoms with van der Waals surface area (Å²) in [5.74, 6) is -2.17. The molecule has 0 unspecified atom stereocenters. The average Bonchev–Trinajstić information content (AvgIpc) is 3.32. The quantitative estimate of drug-likeness (QED) is 0.559. The van der Waals surface area contributed by atoms with Crippen LogP contribution < -0.4 is 10.2 Å². The highest BCUT2D eigenvalue weighted by atomic mass is 16.6. The number of hydrogen-bond acceptors (Lipinski definition) is 8. The molecule has 9 nitrogen and oxygen atoms in total. The number of hydrogen-bond donors (Lipinski definition) is 1. The zero-order valence-electron chi connectivity index (χ0n) is 15.8. The average molecular weight is 389 g/mol. The summed E-state index contributed by atoms with van der Waals surface area (Å²) in [6, 6.07) is 5.54. The Labute approximate surface area is 162 Å². The summed E-state index contributed by atoms with van der Waals surface area (Å²) in [4.78, 5) is 43.2. The van der Waals surface area contributed by atoms with Gasteiger partial charge in [-0.1, -0.05) is 12.1 Å². The molecule has 150 valence electrons. The van der Waals surface area contributed by atoms with Crippen LogP contribution in [0.2, 0.25) is 0 Å². The van der Waals surface area contributed by atoms with Gasteiger partial charge >= 0.3 is 11.9 Å². The first-order valence-corrected chi connectivity index (χ1v) is 9.31. The standard InChI is InChI=1S/C19H23N3O6/c1-3-26-17(24)15(18(25)27-4-2)21-16(23)13-9-7-11-22(13)19-20-12-8-5-6-10-14(12)28-19/h5-6,8,10,13,15H,3-4,7,9,11H2,1-2H3,(H,21,23)/t13-/m0/s1. The van der Waals surface area contributed by atoms with Crippen LogP contribution in [0.15, 0.2) is 28.7 Å². The molecular formula is C19H23N3O6. The zero-order valence-corrected chi connectivity index (χ0v) is 15.8. The van der Waals surface area contributed by atoms with E-state index < -0.39 is 29.9 Å². The van der Waals surface area contributed by atoms with E-state index in [1.165, 1.54) is 0 Å². The Hall–Kier alpha value is -3.10. The largest absolute Gasteiger partial charge is 0.464 e. The number of fused-ring (bicyclic) bond motifs is 1. The molecule has 1 aromatic carbocycles. The molecule has 1 atom stereocenters. The van der Waals surface area contributed by atoms with Crippen LogP contribution in [0, 0.1) is 0 Å². The van der Waals surface area contributed by atoms with Crippen molar-refractivity contribution in [2.24, 2.45) is 0 Å². The Balaban J connectivity index is 1.77. The van der Waals surface area contributed by atoms with Crippen LogP contribution in [0.25, 0.3) is 11.1 Å². The van der Waals surface area contributed by atoms with Crippen LogP contribution in [-0.2, 0) is 23.9 Å². The van der Waals surface area contributed by atoms with Gasteiger partial charge in [-0.3, -0.25) is 4.79 Å². The SMILES string of the molecule is CCOC(=O)C(NC(=O)[C@@H]1CCCN1c1nc2ccccc2o1)C(=O)OCC. The lowest BCUT2D eigenvalue weighted by atomic mass is 10.2. The summed E-state index contributed by atoms with van der Waals surface area (Å²) in [5, 5.41) is 2.46. The second-order valence-corrected chi connectivity index (χ2v) is 6.26. The minimum Gasteiger partial charge on any atom is -0.464 e. The summed E-state index contributed by atoms with van der Waals surface area (Å²) in [5.41, 5.74) is 1.32. The Morgan fingerprint density at radius 3 is 2.54 bits per heavy atom. The van der Waals surface area contributed by atoms with Gasteiger partial charge in [0.2, 0.25) is 11.9 Å². The van der Waals surface area contributed by atoms with Gasteiger partial charge in [-0.05, 0) is 38.8 Å². The molecule has 1 aliphatic rings. The summed E-state index contributed by atoms with van der Waals surface area (Å²) in [6.07, 6.45) is 1.29. The molecule has 1 N–H and O–H groups in total. The molecule has 1 amide bonds. The molecule has 1 saturated heterocycles. The number of rotatable bonds is 7. The fraction of sp³-hybridized carbons (Fsp3) is 0.474.